The minimum atomic E-state index is -0.423. The molecule has 0 aromatic heterocycles. The number of carbonyl (C=O) groups is 1. The average molecular weight is 399 g/mol. The van der Waals surface area contributed by atoms with E-state index in [1.807, 2.05) is 25.1 Å². The van der Waals surface area contributed by atoms with Crippen molar-refractivity contribution in [1.29, 1.82) is 0 Å². The van der Waals surface area contributed by atoms with Gasteiger partial charge in [0.2, 0.25) is 0 Å². The molecule has 0 saturated carbocycles. The zero-order valence-electron chi connectivity index (χ0n) is 18.3. The molecule has 4 heteroatoms. The molecule has 0 heterocycles. The van der Waals surface area contributed by atoms with Crippen LogP contribution in [0, 0.1) is 11.8 Å². The van der Waals surface area contributed by atoms with E-state index in [-0.39, 0.29) is 19.2 Å². The summed E-state index contributed by atoms with van der Waals surface area (Å²) >= 11 is 0. The van der Waals surface area contributed by atoms with Crippen LogP contribution >= 0.6 is 0 Å². The summed E-state index contributed by atoms with van der Waals surface area (Å²) in [6.07, 6.45) is 0.756. The summed E-state index contributed by atoms with van der Waals surface area (Å²) in [5.41, 5.74) is 1.89. The number of benzene rings is 2. The van der Waals surface area contributed by atoms with Gasteiger partial charge in [0.15, 0.2) is 6.29 Å². The highest BCUT2D eigenvalue weighted by Gasteiger charge is 2.17. The molecule has 0 aliphatic rings. The number of hydrogen-bond acceptors (Lipinski definition) is 4. The van der Waals surface area contributed by atoms with E-state index in [1.54, 1.807) is 24.3 Å². The molecule has 158 valence electrons. The summed E-state index contributed by atoms with van der Waals surface area (Å²) in [5, 5.41) is 0. The third kappa shape index (κ3) is 7.90. The number of carbonyl (C=O) groups excluding carboxylic acids is 1. The van der Waals surface area contributed by atoms with E-state index in [0.29, 0.717) is 23.3 Å². The fourth-order valence-electron chi connectivity index (χ4n) is 3.33. The van der Waals surface area contributed by atoms with Crippen LogP contribution in [0.1, 0.15) is 62.9 Å². The van der Waals surface area contributed by atoms with Gasteiger partial charge in [-0.2, -0.15) is 0 Å². The van der Waals surface area contributed by atoms with Gasteiger partial charge in [-0.15, -0.1) is 0 Å². The Morgan fingerprint density at radius 1 is 0.862 bits per heavy atom. The topological polar surface area (TPSA) is 44.8 Å². The average Bonchev–Trinajstić information content (AvgIpc) is 2.70. The van der Waals surface area contributed by atoms with Crippen LogP contribution in [0.2, 0.25) is 0 Å². The minimum absolute atomic E-state index is 0.186. The highest BCUT2D eigenvalue weighted by molar-refractivity contribution is 5.89. The van der Waals surface area contributed by atoms with Gasteiger partial charge in [0.05, 0.1) is 12.2 Å². The van der Waals surface area contributed by atoms with E-state index in [2.05, 4.69) is 39.8 Å². The number of ether oxygens (including phenoxy) is 3. The summed E-state index contributed by atoms with van der Waals surface area (Å²) in [6, 6.07) is 17.2. The molecule has 0 radical (unpaired) electrons. The van der Waals surface area contributed by atoms with Gasteiger partial charge in [-0.25, -0.2) is 4.79 Å². The summed E-state index contributed by atoms with van der Waals surface area (Å²) in [6.45, 7) is 11.4. The third-order valence-electron chi connectivity index (χ3n) is 4.82. The van der Waals surface area contributed by atoms with Crippen molar-refractivity contribution in [2.45, 2.75) is 53.2 Å². The van der Waals surface area contributed by atoms with Crippen LogP contribution < -0.4 is 4.74 Å². The van der Waals surface area contributed by atoms with E-state index in [0.717, 1.165) is 5.75 Å². The Kier molecular flexibility index (Phi) is 9.20. The van der Waals surface area contributed by atoms with Gasteiger partial charge < -0.3 is 14.2 Å². The second kappa shape index (κ2) is 11.6. The van der Waals surface area contributed by atoms with E-state index in [9.17, 15) is 4.79 Å². The van der Waals surface area contributed by atoms with Gasteiger partial charge >= 0.3 is 5.97 Å². The van der Waals surface area contributed by atoms with Crippen molar-refractivity contribution in [1.82, 2.24) is 0 Å². The van der Waals surface area contributed by atoms with Crippen molar-refractivity contribution in [2.24, 2.45) is 11.8 Å². The molecule has 2 aromatic rings. The SMILES string of the molecule is CC(C)CC(c1ccc(OC(C)OCCOC(=O)c2ccccc2)cc1)C(C)C. The van der Waals surface area contributed by atoms with Gasteiger partial charge in [0.1, 0.15) is 12.4 Å². The highest BCUT2D eigenvalue weighted by atomic mass is 16.7. The van der Waals surface area contributed by atoms with Gasteiger partial charge in [-0.05, 0) is 60.9 Å². The molecule has 0 fully saturated rings. The lowest BCUT2D eigenvalue weighted by molar-refractivity contribution is -0.0784. The van der Waals surface area contributed by atoms with Crippen molar-refractivity contribution in [3.05, 3.63) is 65.7 Å². The van der Waals surface area contributed by atoms with Gasteiger partial charge in [-0.3, -0.25) is 0 Å². The van der Waals surface area contributed by atoms with Crippen LogP contribution in [0.3, 0.4) is 0 Å². The lowest BCUT2D eigenvalue weighted by Crippen LogP contribution is -2.20. The van der Waals surface area contributed by atoms with Gasteiger partial charge in [0, 0.05) is 0 Å². The fourth-order valence-corrected chi connectivity index (χ4v) is 3.33. The van der Waals surface area contributed by atoms with Crippen LogP contribution in [-0.2, 0) is 9.47 Å². The van der Waals surface area contributed by atoms with Crippen LogP contribution in [0.4, 0.5) is 0 Å². The number of rotatable bonds is 11. The number of hydrogen-bond donors (Lipinski definition) is 0. The molecular formula is C25H34O4. The molecule has 0 N–H and O–H groups in total. The molecular weight excluding hydrogens is 364 g/mol. The van der Waals surface area contributed by atoms with Crippen molar-refractivity contribution >= 4 is 5.97 Å². The standard InChI is InChI=1S/C25H34O4/c1-18(2)17-24(19(3)4)21-11-13-23(14-12-21)29-20(5)27-15-16-28-25(26)22-9-7-6-8-10-22/h6-14,18-20,24H,15-17H2,1-5H3. The zero-order chi connectivity index (χ0) is 21.2. The maximum absolute atomic E-state index is 11.9. The molecule has 0 aliphatic carbocycles. The van der Waals surface area contributed by atoms with Crippen molar-refractivity contribution in [3.63, 3.8) is 0 Å². The zero-order valence-corrected chi connectivity index (χ0v) is 18.3. The van der Waals surface area contributed by atoms with Crippen molar-refractivity contribution < 1.29 is 19.0 Å². The third-order valence-corrected chi connectivity index (χ3v) is 4.82. The molecule has 2 atom stereocenters. The normalized spacial score (nSPS) is 13.3. The van der Waals surface area contributed by atoms with E-state index >= 15 is 0 Å². The molecule has 2 aromatic carbocycles. The predicted octanol–water partition coefficient (Wildman–Crippen LogP) is 6.07. The Morgan fingerprint density at radius 2 is 1.52 bits per heavy atom. The molecule has 4 nitrogen and oxygen atoms in total. The molecule has 29 heavy (non-hydrogen) atoms. The largest absolute Gasteiger partial charge is 0.465 e. The summed E-state index contributed by atoms with van der Waals surface area (Å²) in [7, 11) is 0. The van der Waals surface area contributed by atoms with Crippen molar-refractivity contribution in [2.75, 3.05) is 13.2 Å². The molecule has 0 aliphatic heterocycles. The highest BCUT2D eigenvalue weighted by Crippen LogP contribution is 2.32. The van der Waals surface area contributed by atoms with E-state index in [1.165, 1.54) is 12.0 Å². The van der Waals surface area contributed by atoms with Crippen LogP contribution in [0.5, 0.6) is 5.75 Å². The van der Waals surface area contributed by atoms with Gasteiger partial charge in [0.25, 0.3) is 0 Å². The van der Waals surface area contributed by atoms with Crippen LogP contribution in [-0.4, -0.2) is 25.5 Å². The van der Waals surface area contributed by atoms with Crippen LogP contribution in [0.25, 0.3) is 0 Å². The molecule has 0 spiro atoms. The number of esters is 1. The molecule has 2 rings (SSSR count). The van der Waals surface area contributed by atoms with Crippen LogP contribution in [0.15, 0.2) is 54.6 Å². The monoisotopic (exact) mass is 398 g/mol. The molecule has 2 unspecified atom stereocenters. The van der Waals surface area contributed by atoms with E-state index in [4.69, 9.17) is 14.2 Å². The quantitative estimate of drug-likeness (QED) is 0.262. The maximum Gasteiger partial charge on any atom is 0.338 e. The maximum atomic E-state index is 11.9. The summed E-state index contributed by atoms with van der Waals surface area (Å²) in [4.78, 5) is 11.9. The first-order valence-electron chi connectivity index (χ1n) is 10.5. The Bertz CT molecular complexity index is 722. The Labute approximate surface area is 175 Å². The fraction of sp³-hybridized carbons (Fsp3) is 0.480. The summed E-state index contributed by atoms with van der Waals surface area (Å²) in [5.74, 6) is 2.25. The second-order valence-corrected chi connectivity index (χ2v) is 8.11. The molecule has 0 saturated heterocycles. The predicted molar refractivity (Wildman–Crippen MR) is 116 cm³/mol. The Morgan fingerprint density at radius 3 is 2.10 bits per heavy atom. The Hall–Kier alpha value is -2.33. The molecule has 0 amide bonds. The lowest BCUT2D eigenvalue weighted by Gasteiger charge is -2.24. The smallest absolute Gasteiger partial charge is 0.338 e. The van der Waals surface area contributed by atoms with Gasteiger partial charge in [-0.1, -0.05) is 58.0 Å². The molecule has 0 bridgehead atoms. The first-order chi connectivity index (χ1) is 13.9. The summed E-state index contributed by atoms with van der Waals surface area (Å²) < 4.78 is 16.6. The van der Waals surface area contributed by atoms with Crippen molar-refractivity contribution in [3.8, 4) is 5.75 Å². The first kappa shape index (κ1) is 23.0. The minimum Gasteiger partial charge on any atom is -0.465 e. The first-order valence-corrected chi connectivity index (χ1v) is 10.5. The lowest BCUT2D eigenvalue weighted by atomic mass is 9.82. The van der Waals surface area contributed by atoms with E-state index < -0.39 is 6.29 Å². The second-order valence-electron chi connectivity index (χ2n) is 8.11. The Balaban J connectivity index is 1.76.